The van der Waals surface area contributed by atoms with Crippen LogP contribution < -0.4 is 29.7 Å². The number of carbonyl (C=O) groups excluding carboxylic acids is 1. The van der Waals surface area contributed by atoms with Crippen LogP contribution in [0.15, 0.2) is 44.4 Å². The molecule has 33 heavy (non-hydrogen) atoms. The van der Waals surface area contributed by atoms with Gasteiger partial charge in [0.15, 0.2) is 11.5 Å². The molecule has 1 heterocycles. The molecule has 1 unspecified atom stereocenters. The highest BCUT2D eigenvalue weighted by atomic mass is 32.2. The molecule has 3 rings (SSSR count). The zero-order chi connectivity index (χ0) is 24.1. The molecule has 0 aliphatic rings. The average molecular weight is 477 g/mol. The summed E-state index contributed by atoms with van der Waals surface area (Å²) in [5, 5.41) is 13.2. The van der Waals surface area contributed by atoms with Gasteiger partial charge in [0.2, 0.25) is 10.6 Å². The predicted octanol–water partition coefficient (Wildman–Crippen LogP) is 2.37. The number of hydrogen-bond acceptors (Lipinski definition) is 9. The normalized spacial score (nSPS) is 11.7. The highest BCUT2D eigenvalue weighted by molar-refractivity contribution is 7.96. The smallest absolute Gasteiger partial charge is 0.391 e. The maximum Gasteiger partial charge on any atom is 0.391 e. The summed E-state index contributed by atoms with van der Waals surface area (Å²) in [6, 6.07) is 7.63. The number of carbonyl (C=O) groups is 1. The van der Waals surface area contributed by atoms with E-state index < -0.39 is 28.2 Å². The van der Waals surface area contributed by atoms with E-state index in [4.69, 9.17) is 28.1 Å². The van der Waals surface area contributed by atoms with Crippen LogP contribution in [0.25, 0.3) is 11.0 Å². The number of esters is 1. The van der Waals surface area contributed by atoms with Crippen LogP contribution in [0.4, 0.5) is 0 Å². The second-order valence-electron chi connectivity index (χ2n) is 6.80. The third kappa shape index (κ3) is 4.95. The van der Waals surface area contributed by atoms with Gasteiger partial charge < -0.3 is 33.2 Å². The maximum absolute atomic E-state index is 12.9. The molecular formula is C23H24O9S. The van der Waals surface area contributed by atoms with Crippen molar-refractivity contribution >= 4 is 27.8 Å². The van der Waals surface area contributed by atoms with Gasteiger partial charge in [0, 0.05) is 16.3 Å². The lowest BCUT2D eigenvalue weighted by Crippen LogP contribution is -2.22. The predicted molar refractivity (Wildman–Crippen MR) is 121 cm³/mol. The van der Waals surface area contributed by atoms with Gasteiger partial charge in [-0.3, -0.25) is 0 Å². The van der Waals surface area contributed by atoms with E-state index in [-0.39, 0.29) is 33.8 Å². The third-order valence-corrected chi connectivity index (χ3v) is 6.73. The van der Waals surface area contributed by atoms with Crippen LogP contribution >= 0.6 is 0 Å². The molecule has 0 spiro atoms. The minimum atomic E-state index is -0.817. The molecule has 0 fully saturated rings. The Hall–Kier alpha value is -3.53. The summed E-state index contributed by atoms with van der Waals surface area (Å²) in [6.45, 7) is -0.00979. The SMILES string of the molecule is COc1ccc2oc(=O)c([S+](C)CCOC(=O)c3cc(OC)c(OC)c(OC)c3)c([O-])c2c1. The largest absolute Gasteiger partial charge is 0.868 e. The molecule has 1 atom stereocenters. The summed E-state index contributed by atoms with van der Waals surface area (Å²) in [5.41, 5.74) is -0.290. The van der Waals surface area contributed by atoms with Crippen LogP contribution in [0.1, 0.15) is 10.4 Å². The van der Waals surface area contributed by atoms with Crippen LogP contribution in [0, 0.1) is 0 Å². The van der Waals surface area contributed by atoms with Gasteiger partial charge in [-0.05, 0) is 36.1 Å². The molecule has 0 N–H and O–H groups in total. The molecule has 0 bridgehead atoms. The summed E-state index contributed by atoms with van der Waals surface area (Å²) < 4.78 is 31.6. The highest BCUT2D eigenvalue weighted by Gasteiger charge is 2.25. The third-order valence-electron chi connectivity index (χ3n) is 4.90. The molecular weight excluding hydrogens is 452 g/mol. The minimum absolute atomic E-state index is 0.00979. The van der Waals surface area contributed by atoms with Gasteiger partial charge in [-0.2, -0.15) is 0 Å². The lowest BCUT2D eigenvalue weighted by atomic mass is 10.2. The van der Waals surface area contributed by atoms with Gasteiger partial charge in [0.05, 0.1) is 34.0 Å². The van der Waals surface area contributed by atoms with Crippen molar-refractivity contribution in [2.24, 2.45) is 0 Å². The second kappa shape index (κ2) is 10.4. The lowest BCUT2D eigenvalue weighted by molar-refractivity contribution is -0.270. The number of ether oxygens (including phenoxy) is 5. The fraction of sp³-hybridized carbons (Fsp3) is 0.304. The number of methoxy groups -OCH3 is 4. The first-order valence-electron chi connectivity index (χ1n) is 9.76. The van der Waals surface area contributed by atoms with E-state index >= 15 is 0 Å². The first kappa shape index (κ1) is 24.1. The molecule has 3 aromatic rings. The van der Waals surface area contributed by atoms with Gasteiger partial charge in [0.1, 0.15) is 29.9 Å². The molecule has 0 aliphatic carbocycles. The minimum Gasteiger partial charge on any atom is -0.868 e. The van der Waals surface area contributed by atoms with Crippen LogP contribution in [0.2, 0.25) is 0 Å². The summed E-state index contributed by atoms with van der Waals surface area (Å²) in [5.74, 6) is 0.722. The maximum atomic E-state index is 12.9. The fourth-order valence-corrected chi connectivity index (χ4v) is 4.50. The Kier molecular flexibility index (Phi) is 7.59. The molecule has 176 valence electrons. The van der Waals surface area contributed by atoms with Crippen molar-refractivity contribution in [1.82, 2.24) is 0 Å². The second-order valence-corrected chi connectivity index (χ2v) is 8.89. The Labute approximate surface area is 193 Å². The van der Waals surface area contributed by atoms with Gasteiger partial charge in [-0.1, -0.05) is 0 Å². The van der Waals surface area contributed by atoms with Crippen LogP contribution in [-0.4, -0.2) is 53.0 Å². The van der Waals surface area contributed by atoms with Gasteiger partial charge in [0.25, 0.3) is 0 Å². The monoisotopic (exact) mass is 476 g/mol. The Morgan fingerprint density at radius 2 is 1.67 bits per heavy atom. The zero-order valence-corrected chi connectivity index (χ0v) is 19.7. The molecule has 2 aromatic carbocycles. The van der Waals surface area contributed by atoms with Crippen molar-refractivity contribution in [1.29, 1.82) is 0 Å². The molecule has 0 radical (unpaired) electrons. The summed E-state index contributed by atoms with van der Waals surface area (Å²) in [4.78, 5) is 25.0. The summed E-state index contributed by atoms with van der Waals surface area (Å²) in [6.07, 6.45) is 1.73. The quantitative estimate of drug-likeness (QED) is 0.261. The average Bonchev–Trinajstić information content (AvgIpc) is 2.82. The van der Waals surface area contributed by atoms with E-state index in [1.165, 1.54) is 52.7 Å². The Morgan fingerprint density at radius 1 is 1.00 bits per heavy atom. The first-order chi connectivity index (χ1) is 15.8. The number of fused-ring (bicyclic) bond motifs is 1. The topological polar surface area (TPSA) is 116 Å². The molecule has 1 aromatic heterocycles. The van der Waals surface area contributed by atoms with Gasteiger partial charge in [-0.25, -0.2) is 9.59 Å². The van der Waals surface area contributed by atoms with Crippen molar-refractivity contribution in [3.05, 3.63) is 46.3 Å². The van der Waals surface area contributed by atoms with Gasteiger partial charge >= 0.3 is 11.6 Å². The molecule has 9 nitrogen and oxygen atoms in total. The number of benzene rings is 2. The van der Waals surface area contributed by atoms with E-state index in [0.29, 0.717) is 23.0 Å². The molecule has 0 saturated heterocycles. The number of rotatable bonds is 9. The van der Waals surface area contributed by atoms with Crippen LogP contribution in [-0.2, 0) is 15.6 Å². The standard InChI is InChI=1S/C23H24O9S/c1-27-14-6-7-16-15(12-14)19(24)21(23(26)32-16)33(5)9-8-31-22(25)13-10-17(28-2)20(30-4)18(11-13)29-3/h6-7,10-12H,8-9H2,1-5H3. The molecule has 0 amide bonds. The molecule has 0 aliphatic heterocycles. The van der Waals surface area contributed by atoms with Gasteiger partial charge in [-0.15, -0.1) is 0 Å². The zero-order valence-electron chi connectivity index (χ0n) is 18.9. The fourth-order valence-electron chi connectivity index (χ4n) is 3.21. The molecule has 0 saturated carbocycles. The number of hydrogen-bond donors (Lipinski definition) is 0. The lowest BCUT2D eigenvalue weighted by Gasteiger charge is -2.15. The first-order valence-corrected chi connectivity index (χ1v) is 11.6. The Bertz CT molecular complexity index is 1190. The van der Waals surface area contributed by atoms with Crippen molar-refractivity contribution in [3.8, 4) is 28.7 Å². The van der Waals surface area contributed by atoms with E-state index in [2.05, 4.69) is 0 Å². The van der Waals surface area contributed by atoms with Crippen LogP contribution in [0.5, 0.6) is 28.7 Å². The summed E-state index contributed by atoms with van der Waals surface area (Å²) in [7, 11) is 5.02. The Morgan fingerprint density at radius 3 is 2.24 bits per heavy atom. The van der Waals surface area contributed by atoms with E-state index in [1.54, 1.807) is 12.3 Å². The highest BCUT2D eigenvalue weighted by Crippen LogP contribution is 2.38. The van der Waals surface area contributed by atoms with E-state index in [1.807, 2.05) is 0 Å². The van der Waals surface area contributed by atoms with Crippen molar-refractivity contribution in [3.63, 3.8) is 0 Å². The summed E-state index contributed by atoms with van der Waals surface area (Å²) >= 11 is 0. The molecule has 10 heteroatoms. The van der Waals surface area contributed by atoms with E-state index in [0.717, 1.165) is 0 Å². The van der Waals surface area contributed by atoms with E-state index in [9.17, 15) is 14.7 Å². The Balaban J connectivity index is 1.75. The van der Waals surface area contributed by atoms with Crippen molar-refractivity contribution < 1.29 is 38.0 Å². The van der Waals surface area contributed by atoms with Crippen LogP contribution in [0.3, 0.4) is 0 Å². The van der Waals surface area contributed by atoms with Crippen molar-refractivity contribution in [2.75, 3.05) is 47.1 Å². The van der Waals surface area contributed by atoms with Crippen molar-refractivity contribution in [2.45, 2.75) is 4.90 Å².